The summed E-state index contributed by atoms with van der Waals surface area (Å²) in [7, 11) is 0. The average Bonchev–Trinajstić information content (AvgIpc) is 3.45. The van der Waals surface area contributed by atoms with Crippen LogP contribution in [0.3, 0.4) is 0 Å². The SMILES string of the molecule is Cc1cnoc1-c1ccc(-c2ccc(Nc3cnc4c(c3)N3C(=O)CC[C@H]3CO4)nc2)cc1. The van der Waals surface area contributed by atoms with Gasteiger partial charge < -0.3 is 19.5 Å². The number of pyridine rings is 2. The van der Waals surface area contributed by atoms with Gasteiger partial charge in [-0.3, -0.25) is 4.79 Å². The number of ether oxygens (including phenoxy) is 1. The van der Waals surface area contributed by atoms with Crippen molar-refractivity contribution in [3.63, 3.8) is 0 Å². The number of carbonyl (C=O) groups is 1. The quantitative estimate of drug-likeness (QED) is 0.491. The molecular formula is C25H21N5O3. The Morgan fingerprint density at radius 1 is 1.00 bits per heavy atom. The molecule has 1 fully saturated rings. The van der Waals surface area contributed by atoms with Crippen LogP contribution >= 0.6 is 0 Å². The van der Waals surface area contributed by atoms with Crippen molar-refractivity contribution in [2.75, 3.05) is 16.8 Å². The van der Waals surface area contributed by atoms with Crippen LogP contribution in [0.1, 0.15) is 18.4 Å². The fraction of sp³-hybridized carbons (Fsp3) is 0.200. The smallest absolute Gasteiger partial charge is 0.238 e. The highest BCUT2D eigenvalue weighted by Crippen LogP contribution is 2.39. The minimum atomic E-state index is 0.0961. The van der Waals surface area contributed by atoms with E-state index in [0.717, 1.165) is 45.8 Å². The third kappa shape index (κ3) is 3.49. The Labute approximate surface area is 190 Å². The van der Waals surface area contributed by atoms with Crippen LogP contribution in [0.25, 0.3) is 22.5 Å². The van der Waals surface area contributed by atoms with Crippen LogP contribution in [0.15, 0.2) is 65.6 Å². The normalized spacial score (nSPS) is 16.8. The van der Waals surface area contributed by atoms with E-state index in [1.807, 2.05) is 60.5 Å². The summed E-state index contributed by atoms with van der Waals surface area (Å²) in [4.78, 5) is 23.1. The standard InChI is InChI=1S/C25H21N5O3/c1-15-11-28-33-24(15)17-4-2-16(3-5-17)18-6-8-22(26-12-18)29-19-10-21-25(27-13-19)32-14-20-7-9-23(31)30(20)21/h2-6,8,10-13,20H,7,9,14H2,1H3,(H,26,29)/t20-/m0/s1. The molecule has 1 N–H and O–H groups in total. The van der Waals surface area contributed by atoms with Gasteiger partial charge in [-0.05, 0) is 37.1 Å². The Bertz CT molecular complexity index is 1330. The molecule has 2 aliphatic heterocycles. The number of benzene rings is 1. The van der Waals surface area contributed by atoms with Gasteiger partial charge in [0.1, 0.15) is 18.1 Å². The number of nitrogens with one attached hydrogen (secondary N) is 1. The maximum absolute atomic E-state index is 12.3. The Morgan fingerprint density at radius 2 is 1.82 bits per heavy atom. The molecular weight excluding hydrogens is 418 g/mol. The molecule has 0 aliphatic carbocycles. The Kier molecular flexibility index (Phi) is 4.57. The predicted octanol–water partition coefficient (Wildman–Crippen LogP) is 4.74. The van der Waals surface area contributed by atoms with Gasteiger partial charge in [0.2, 0.25) is 11.8 Å². The van der Waals surface area contributed by atoms with E-state index in [2.05, 4.69) is 20.4 Å². The molecule has 33 heavy (non-hydrogen) atoms. The second kappa shape index (κ2) is 7.74. The summed E-state index contributed by atoms with van der Waals surface area (Å²) in [6, 6.07) is 14.0. The molecule has 0 bridgehead atoms. The molecule has 8 nitrogen and oxygen atoms in total. The van der Waals surface area contributed by atoms with E-state index in [4.69, 9.17) is 9.26 Å². The highest BCUT2D eigenvalue weighted by Gasteiger charge is 2.38. The van der Waals surface area contributed by atoms with Gasteiger partial charge in [-0.2, -0.15) is 0 Å². The van der Waals surface area contributed by atoms with Crippen LogP contribution in [0.2, 0.25) is 0 Å². The number of aryl methyl sites for hydroxylation is 1. The van der Waals surface area contributed by atoms with Crippen molar-refractivity contribution in [2.45, 2.75) is 25.8 Å². The number of nitrogens with zero attached hydrogens (tertiary/aromatic N) is 4. The van der Waals surface area contributed by atoms with Gasteiger partial charge in [0.05, 0.1) is 24.1 Å². The van der Waals surface area contributed by atoms with Crippen LogP contribution < -0.4 is 15.0 Å². The van der Waals surface area contributed by atoms with E-state index in [1.54, 1.807) is 12.4 Å². The van der Waals surface area contributed by atoms with Crippen LogP contribution in [0.4, 0.5) is 17.2 Å². The predicted molar refractivity (Wildman–Crippen MR) is 123 cm³/mol. The van der Waals surface area contributed by atoms with Crippen LogP contribution in [0, 0.1) is 6.92 Å². The number of amides is 1. The first kappa shape index (κ1) is 19.5. The molecule has 2 aliphatic rings. The van der Waals surface area contributed by atoms with E-state index in [-0.39, 0.29) is 11.9 Å². The number of fused-ring (bicyclic) bond motifs is 3. The van der Waals surface area contributed by atoms with Crippen molar-refractivity contribution in [3.8, 4) is 28.3 Å². The van der Waals surface area contributed by atoms with Gasteiger partial charge in [-0.1, -0.05) is 29.4 Å². The van der Waals surface area contributed by atoms with E-state index in [9.17, 15) is 4.79 Å². The second-order valence-electron chi connectivity index (χ2n) is 8.29. The lowest BCUT2D eigenvalue weighted by Crippen LogP contribution is -2.40. The maximum Gasteiger partial charge on any atom is 0.238 e. The zero-order valence-corrected chi connectivity index (χ0v) is 18.0. The molecule has 0 unspecified atom stereocenters. The first-order chi connectivity index (χ1) is 16.2. The molecule has 1 amide bonds. The van der Waals surface area contributed by atoms with Crippen molar-refractivity contribution >= 4 is 23.1 Å². The number of rotatable bonds is 4. The molecule has 1 atom stereocenters. The summed E-state index contributed by atoms with van der Waals surface area (Å²) >= 11 is 0. The minimum Gasteiger partial charge on any atom is -0.474 e. The third-order valence-electron chi connectivity index (χ3n) is 6.09. The van der Waals surface area contributed by atoms with E-state index in [0.29, 0.717) is 24.7 Å². The first-order valence-electron chi connectivity index (χ1n) is 10.9. The van der Waals surface area contributed by atoms with Crippen molar-refractivity contribution in [3.05, 3.63) is 66.6 Å². The fourth-order valence-electron chi connectivity index (χ4n) is 4.37. The molecule has 1 saturated heterocycles. The summed E-state index contributed by atoms with van der Waals surface area (Å²) in [6.07, 6.45) is 6.60. The van der Waals surface area contributed by atoms with Gasteiger partial charge >= 0.3 is 0 Å². The third-order valence-corrected chi connectivity index (χ3v) is 6.09. The van der Waals surface area contributed by atoms with Crippen LogP contribution in [-0.2, 0) is 4.79 Å². The lowest BCUT2D eigenvalue weighted by molar-refractivity contribution is -0.117. The van der Waals surface area contributed by atoms with Gasteiger partial charge in [0.15, 0.2) is 5.76 Å². The Balaban J connectivity index is 1.20. The molecule has 6 rings (SSSR count). The fourth-order valence-corrected chi connectivity index (χ4v) is 4.37. The van der Waals surface area contributed by atoms with Crippen molar-refractivity contribution in [2.24, 2.45) is 0 Å². The number of anilines is 3. The van der Waals surface area contributed by atoms with Gasteiger partial charge in [0.25, 0.3) is 0 Å². The van der Waals surface area contributed by atoms with Crippen molar-refractivity contribution < 1.29 is 14.1 Å². The second-order valence-corrected chi connectivity index (χ2v) is 8.29. The zero-order valence-electron chi connectivity index (χ0n) is 18.0. The average molecular weight is 439 g/mol. The summed E-state index contributed by atoms with van der Waals surface area (Å²) < 4.78 is 11.1. The molecule has 3 aromatic heterocycles. The van der Waals surface area contributed by atoms with Gasteiger partial charge in [-0.15, -0.1) is 0 Å². The first-order valence-corrected chi connectivity index (χ1v) is 10.9. The van der Waals surface area contributed by atoms with Crippen molar-refractivity contribution in [1.29, 1.82) is 0 Å². The molecule has 164 valence electrons. The number of aromatic nitrogens is 3. The maximum atomic E-state index is 12.3. The zero-order chi connectivity index (χ0) is 22.4. The monoisotopic (exact) mass is 439 g/mol. The van der Waals surface area contributed by atoms with Crippen LogP contribution in [-0.4, -0.2) is 33.7 Å². The Morgan fingerprint density at radius 3 is 2.58 bits per heavy atom. The van der Waals surface area contributed by atoms with E-state index >= 15 is 0 Å². The highest BCUT2D eigenvalue weighted by molar-refractivity contribution is 5.98. The summed E-state index contributed by atoms with van der Waals surface area (Å²) in [5.74, 6) is 2.09. The molecule has 8 heteroatoms. The number of carbonyl (C=O) groups excluding carboxylic acids is 1. The summed E-state index contributed by atoms with van der Waals surface area (Å²) in [5.41, 5.74) is 5.53. The highest BCUT2D eigenvalue weighted by atomic mass is 16.5. The molecule has 0 saturated carbocycles. The lowest BCUT2D eigenvalue weighted by atomic mass is 10.0. The molecule has 0 radical (unpaired) electrons. The van der Waals surface area contributed by atoms with Crippen LogP contribution in [0.5, 0.6) is 5.88 Å². The largest absolute Gasteiger partial charge is 0.474 e. The number of hydrogen-bond donors (Lipinski definition) is 1. The molecule has 5 heterocycles. The minimum absolute atomic E-state index is 0.0961. The van der Waals surface area contributed by atoms with Gasteiger partial charge in [-0.25, -0.2) is 9.97 Å². The number of hydrogen-bond acceptors (Lipinski definition) is 7. The lowest BCUT2D eigenvalue weighted by Gasteiger charge is -2.31. The Hall–Kier alpha value is -4.20. The molecule has 4 aromatic rings. The van der Waals surface area contributed by atoms with Gasteiger partial charge in [0, 0.05) is 29.3 Å². The summed E-state index contributed by atoms with van der Waals surface area (Å²) in [5, 5.41) is 7.12. The molecule has 0 spiro atoms. The van der Waals surface area contributed by atoms with Crippen molar-refractivity contribution in [1.82, 2.24) is 15.1 Å². The van der Waals surface area contributed by atoms with E-state index < -0.39 is 0 Å². The van der Waals surface area contributed by atoms with E-state index in [1.165, 1.54) is 0 Å². The molecule has 1 aromatic carbocycles. The topological polar surface area (TPSA) is 93.4 Å². The summed E-state index contributed by atoms with van der Waals surface area (Å²) in [6.45, 7) is 2.47.